The molecule has 1 aromatic rings. The molecule has 1 aliphatic heterocycles. The van der Waals surface area contributed by atoms with Gasteiger partial charge in [-0.25, -0.2) is 0 Å². The summed E-state index contributed by atoms with van der Waals surface area (Å²) in [5.74, 6) is 0.853. The Balaban J connectivity index is 1.39. The average Bonchev–Trinajstić information content (AvgIpc) is 2.73. The molecule has 27 heavy (non-hydrogen) atoms. The van der Waals surface area contributed by atoms with E-state index in [0.717, 1.165) is 51.6 Å². The fourth-order valence-electron chi connectivity index (χ4n) is 3.88. The summed E-state index contributed by atoms with van der Waals surface area (Å²) < 4.78 is 11.3. The Kier molecular flexibility index (Phi) is 7.96. The summed E-state index contributed by atoms with van der Waals surface area (Å²) in [6, 6.07) is 7.19. The molecule has 1 aliphatic carbocycles. The van der Waals surface area contributed by atoms with E-state index in [-0.39, 0.29) is 6.04 Å². The molecular weight excluding hydrogens is 338 g/mol. The number of rotatable bonds is 7. The van der Waals surface area contributed by atoms with E-state index in [1.807, 2.05) is 7.05 Å². The number of aliphatic imine (C=N–C) groups is 1. The number of hydrogen-bond donors (Lipinski definition) is 2. The lowest BCUT2D eigenvalue weighted by atomic mass is 9.89. The Morgan fingerprint density at radius 2 is 2.00 bits per heavy atom. The molecule has 3 rings (SSSR count). The van der Waals surface area contributed by atoms with Gasteiger partial charge in [-0.2, -0.15) is 0 Å². The van der Waals surface area contributed by atoms with E-state index in [1.54, 1.807) is 0 Å². The first-order valence-electron chi connectivity index (χ1n) is 10.5. The van der Waals surface area contributed by atoms with Gasteiger partial charge >= 0.3 is 0 Å². The van der Waals surface area contributed by atoms with Gasteiger partial charge in [0.2, 0.25) is 0 Å². The zero-order valence-electron chi connectivity index (χ0n) is 16.9. The first-order chi connectivity index (χ1) is 13.3. The van der Waals surface area contributed by atoms with Crippen LogP contribution in [0.1, 0.15) is 61.8 Å². The van der Waals surface area contributed by atoms with Crippen LogP contribution in [-0.2, 0) is 22.3 Å². The van der Waals surface area contributed by atoms with E-state index in [4.69, 9.17) is 9.47 Å². The molecule has 1 heterocycles. The van der Waals surface area contributed by atoms with Gasteiger partial charge in [-0.3, -0.25) is 4.99 Å². The third-order valence-corrected chi connectivity index (χ3v) is 5.58. The van der Waals surface area contributed by atoms with Crippen LogP contribution in [0.2, 0.25) is 0 Å². The second-order valence-corrected chi connectivity index (χ2v) is 7.64. The minimum atomic E-state index is 0.238. The molecule has 5 nitrogen and oxygen atoms in total. The SMILES string of the molecule is CN=C(NCCCOC1CCOCC1)NC(C)c1ccc2c(c1)CCCC2. The van der Waals surface area contributed by atoms with Gasteiger partial charge < -0.3 is 20.1 Å². The summed E-state index contributed by atoms with van der Waals surface area (Å²) in [6.07, 6.45) is 8.49. The van der Waals surface area contributed by atoms with Crippen molar-refractivity contribution < 1.29 is 9.47 Å². The minimum absolute atomic E-state index is 0.238. The van der Waals surface area contributed by atoms with Crippen LogP contribution in [0.5, 0.6) is 0 Å². The van der Waals surface area contributed by atoms with E-state index in [1.165, 1.54) is 42.4 Å². The van der Waals surface area contributed by atoms with Gasteiger partial charge in [0.25, 0.3) is 0 Å². The van der Waals surface area contributed by atoms with Crippen LogP contribution in [0.3, 0.4) is 0 Å². The highest BCUT2D eigenvalue weighted by atomic mass is 16.5. The summed E-state index contributed by atoms with van der Waals surface area (Å²) in [5.41, 5.74) is 4.39. The van der Waals surface area contributed by atoms with E-state index >= 15 is 0 Å². The third kappa shape index (κ3) is 6.22. The molecule has 1 fully saturated rings. The Morgan fingerprint density at radius 1 is 1.22 bits per heavy atom. The van der Waals surface area contributed by atoms with Gasteiger partial charge in [0.1, 0.15) is 0 Å². The number of fused-ring (bicyclic) bond motifs is 1. The molecule has 1 unspecified atom stereocenters. The maximum atomic E-state index is 5.92. The second kappa shape index (κ2) is 10.7. The van der Waals surface area contributed by atoms with Crippen LogP contribution < -0.4 is 10.6 Å². The molecule has 0 amide bonds. The molecule has 1 aromatic carbocycles. The zero-order valence-corrected chi connectivity index (χ0v) is 16.9. The van der Waals surface area contributed by atoms with Crippen LogP contribution in [0.15, 0.2) is 23.2 Å². The molecule has 1 saturated heterocycles. The lowest BCUT2D eigenvalue weighted by molar-refractivity contribution is -0.0320. The highest BCUT2D eigenvalue weighted by Crippen LogP contribution is 2.24. The summed E-state index contributed by atoms with van der Waals surface area (Å²) in [4.78, 5) is 4.37. The summed E-state index contributed by atoms with van der Waals surface area (Å²) in [5, 5.41) is 6.92. The largest absolute Gasteiger partial charge is 0.381 e. The van der Waals surface area contributed by atoms with E-state index in [2.05, 4.69) is 40.7 Å². The standard InChI is InChI=1S/C22H35N3O2/c1-17(19-9-8-18-6-3-4-7-20(18)16-19)25-22(23-2)24-12-5-13-27-21-10-14-26-15-11-21/h8-9,16-17,21H,3-7,10-15H2,1-2H3,(H2,23,24,25). The van der Waals surface area contributed by atoms with Crippen LogP contribution in [0.25, 0.3) is 0 Å². The van der Waals surface area contributed by atoms with Crippen molar-refractivity contribution in [2.45, 2.75) is 64.0 Å². The molecule has 0 bridgehead atoms. The topological polar surface area (TPSA) is 54.9 Å². The molecule has 0 saturated carbocycles. The fraction of sp³-hybridized carbons (Fsp3) is 0.682. The molecule has 5 heteroatoms. The number of benzene rings is 1. The maximum Gasteiger partial charge on any atom is 0.191 e. The second-order valence-electron chi connectivity index (χ2n) is 7.64. The number of hydrogen-bond acceptors (Lipinski definition) is 3. The monoisotopic (exact) mass is 373 g/mol. The van der Waals surface area contributed by atoms with Crippen LogP contribution >= 0.6 is 0 Å². The average molecular weight is 374 g/mol. The predicted octanol–water partition coefficient (Wildman–Crippen LogP) is 3.38. The number of ether oxygens (including phenoxy) is 2. The number of nitrogens with zero attached hydrogens (tertiary/aromatic N) is 1. The van der Waals surface area contributed by atoms with E-state index in [9.17, 15) is 0 Å². The predicted molar refractivity (Wildman–Crippen MR) is 110 cm³/mol. The van der Waals surface area contributed by atoms with Gasteiger partial charge in [0, 0.05) is 33.4 Å². The summed E-state index contributed by atoms with van der Waals surface area (Å²) in [6.45, 7) is 5.51. The Hall–Kier alpha value is -1.59. The Labute approximate surface area is 163 Å². The van der Waals surface area contributed by atoms with Gasteiger partial charge in [0.05, 0.1) is 12.1 Å². The van der Waals surface area contributed by atoms with E-state index in [0.29, 0.717) is 6.10 Å². The molecule has 2 aliphatic rings. The maximum absolute atomic E-state index is 5.92. The molecule has 0 radical (unpaired) electrons. The summed E-state index contributed by atoms with van der Waals surface area (Å²) >= 11 is 0. The Morgan fingerprint density at radius 3 is 2.78 bits per heavy atom. The first-order valence-corrected chi connectivity index (χ1v) is 10.5. The lowest BCUT2D eigenvalue weighted by Gasteiger charge is -2.23. The fourth-order valence-corrected chi connectivity index (χ4v) is 3.88. The smallest absolute Gasteiger partial charge is 0.191 e. The molecular formula is C22H35N3O2. The van der Waals surface area contributed by atoms with Crippen LogP contribution in [-0.4, -0.2) is 45.5 Å². The van der Waals surface area contributed by atoms with Crippen molar-refractivity contribution in [1.82, 2.24) is 10.6 Å². The normalized spacial score (nSPS) is 19.4. The molecule has 0 aromatic heterocycles. The third-order valence-electron chi connectivity index (χ3n) is 5.58. The van der Waals surface area contributed by atoms with Gasteiger partial charge in [0.15, 0.2) is 5.96 Å². The van der Waals surface area contributed by atoms with Crippen molar-refractivity contribution in [1.29, 1.82) is 0 Å². The van der Waals surface area contributed by atoms with Crippen molar-refractivity contribution in [3.8, 4) is 0 Å². The Bertz CT molecular complexity index is 612. The van der Waals surface area contributed by atoms with Gasteiger partial charge in [-0.05, 0) is 68.6 Å². The van der Waals surface area contributed by atoms with Crippen LogP contribution in [0, 0.1) is 0 Å². The molecule has 1 atom stereocenters. The van der Waals surface area contributed by atoms with Gasteiger partial charge in [-0.1, -0.05) is 18.2 Å². The number of nitrogens with one attached hydrogen (secondary N) is 2. The lowest BCUT2D eigenvalue weighted by Crippen LogP contribution is -2.39. The number of guanidine groups is 1. The highest BCUT2D eigenvalue weighted by molar-refractivity contribution is 5.80. The molecule has 0 spiro atoms. The van der Waals surface area contributed by atoms with E-state index < -0.39 is 0 Å². The zero-order chi connectivity index (χ0) is 18.9. The summed E-state index contributed by atoms with van der Waals surface area (Å²) in [7, 11) is 1.83. The van der Waals surface area contributed by atoms with Crippen molar-refractivity contribution in [3.63, 3.8) is 0 Å². The quantitative estimate of drug-likeness (QED) is 0.437. The molecule has 2 N–H and O–H groups in total. The molecule has 150 valence electrons. The number of aryl methyl sites for hydroxylation is 2. The minimum Gasteiger partial charge on any atom is -0.381 e. The van der Waals surface area contributed by atoms with Gasteiger partial charge in [-0.15, -0.1) is 0 Å². The highest BCUT2D eigenvalue weighted by Gasteiger charge is 2.14. The van der Waals surface area contributed by atoms with Crippen molar-refractivity contribution in [2.75, 3.05) is 33.4 Å². The van der Waals surface area contributed by atoms with Crippen molar-refractivity contribution in [3.05, 3.63) is 34.9 Å². The van der Waals surface area contributed by atoms with Crippen molar-refractivity contribution in [2.24, 2.45) is 4.99 Å². The van der Waals surface area contributed by atoms with Crippen LogP contribution in [0.4, 0.5) is 0 Å². The van der Waals surface area contributed by atoms with Crippen molar-refractivity contribution >= 4 is 5.96 Å². The first kappa shape index (κ1) is 20.2.